The smallest absolute Gasteiger partial charge is 0.287 e. The maximum atomic E-state index is 12.6. The van der Waals surface area contributed by atoms with Crippen molar-refractivity contribution < 1.29 is 18.2 Å². The van der Waals surface area contributed by atoms with Crippen molar-refractivity contribution in [1.82, 2.24) is 5.32 Å². The highest BCUT2D eigenvalue weighted by Gasteiger charge is 2.15. The van der Waals surface area contributed by atoms with Gasteiger partial charge in [0.25, 0.3) is 5.91 Å². The standard InChI is InChI=1S/C22H23NO4S/c1-3-26-19-10-6-5-9-17(19)14-23-22(24)20-13-12-18(27-20)15-28(25)21-11-7-4-8-16(21)2/h4-13H,3,14-15H2,1-2H3,(H,23,24)/t28-/m0/s1. The van der Waals surface area contributed by atoms with Crippen molar-refractivity contribution in [2.75, 3.05) is 6.61 Å². The van der Waals surface area contributed by atoms with E-state index in [-0.39, 0.29) is 17.4 Å². The summed E-state index contributed by atoms with van der Waals surface area (Å²) in [5.41, 5.74) is 1.86. The van der Waals surface area contributed by atoms with Crippen LogP contribution < -0.4 is 10.1 Å². The zero-order chi connectivity index (χ0) is 19.9. The Bertz CT molecular complexity index is 980. The number of amides is 1. The summed E-state index contributed by atoms with van der Waals surface area (Å²) >= 11 is 0. The van der Waals surface area contributed by atoms with Crippen molar-refractivity contribution in [3.05, 3.63) is 83.3 Å². The average Bonchev–Trinajstić information content (AvgIpc) is 3.16. The molecule has 3 rings (SSSR count). The third-order valence-electron chi connectivity index (χ3n) is 4.21. The Morgan fingerprint density at radius 2 is 1.82 bits per heavy atom. The van der Waals surface area contributed by atoms with Crippen molar-refractivity contribution in [3.8, 4) is 5.75 Å². The monoisotopic (exact) mass is 397 g/mol. The number of aryl methyl sites for hydroxylation is 1. The minimum Gasteiger partial charge on any atom is -0.494 e. The molecule has 0 saturated carbocycles. The van der Waals surface area contributed by atoms with Gasteiger partial charge in [-0.25, -0.2) is 0 Å². The first-order valence-corrected chi connectivity index (χ1v) is 10.4. The summed E-state index contributed by atoms with van der Waals surface area (Å²) in [6, 6.07) is 18.4. The molecule has 1 heterocycles. The molecule has 1 aromatic heterocycles. The maximum Gasteiger partial charge on any atom is 0.287 e. The van der Waals surface area contributed by atoms with E-state index in [0.29, 0.717) is 18.9 Å². The Labute approximate surface area is 167 Å². The highest BCUT2D eigenvalue weighted by molar-refractivity contribution is 7.84. The van der Waals surface area contributed by atoms with E-state index in [1.807, 2.05) is 62.4 Å². The topological polar surface area (TPSA) is 68.5 Å². The van der Waals surface area contributed by atoms with Crippen LogP contribution in [0.15, 0.2) is 70.0 Å². The summed E-state index contributed by atoms with van der Waals surface area (Å²) in [7, 11) is -1.23. The Hall–Kier alpha value is -2.86. The van der Waals surface area contributed by atoms with Crippen molar-refractivity contribution in [2.45, 2.75) is 31.0 Å². The van der Waals surface area contributed by atoms with E-state index < -0.39 is 10.8 Å². The maximum absolute atomic E-state index is 12.6. The van der Waals surface area contributed by atoms with Gasteiger partial charge in [-0.3, -0.25) is 9.00 Å². The van der Waals surface area contributed by atoms with E-state index >= 15 is 0 Å². The number of hydrogen-bond acceptors (Lipinski definition) is 4. The molecule has 146 valence electrons. The molecular formula is C22H23NO4S. The molecule has 0 spiro atoms. The summed E-state index contributed by atoms with van der Waals surface area (Å²) in [5.74, 6) is 1.37. The minimum absolute atomic E-state index is 0.200. The molecule has 1 amide bonds. The van der Waals surface area contributed by atoms with Crippen molar-refractivity contribution in [3.63, 3.8) is 0 Å². The first-order valence-electron chi connectivity index (χ1n) is 9.10. The Morgan fingerprint density at radius 1 is 1.07 bits per heavy atom. The molecule has 6 heteroatoms. The second-order valence-corrected chi connectivity index (χ2v) is 7.66. The van der Waals surface area contributed by atoms with Gasteiger partial charge in [-0.1, -0.05) is 36.4 Å². The minimum atomic E-state index is -1.23. The second-order valence-electron chi connectivity index (χ2n) is 6.24. The van der Waals surface area contributed by atoms with Gasteiger partial charge in [0, 0.05) is 17.0 Å². The van der Waals surface area contributed by atoms with Crippen LogP contribution in [0.5, 0.6) is 5.75 Å². The van der Waals surface area contributed by atoms with Gasteiger partial charge in [0.1, 0.15) is 11.5 Å². The summed E-state index contributed by atoms with van der Waals surface area (Å²) in [6.07, 6.45) is 0. The molecule has 0 aliphatic rings. The molecule has 0 unspecified atom stereocenters. The number of rotatable bonds is 8. The van der Waals surface area contributed by atoms with E-state index in [2.05, 4.69) is 5.32 Å². The zero-order valence-electron chi connectivity index (χ0n) is 15.9. The average molecular weight is 397 g/mol. The summed E-state index contributed by atoms with van der Waals surface area (Å²) < 4.78 is 23.7. The van der Waals surface area contributed by atoms with Crippen LogP contribution in [0.2, 0.25) is 0 Å². The van der Waals surface area contributed by atoms with Crippen molar-refractivity contribution >= 4 is 16.7 Å². The lowest BCUT2D eigenvalue weighted by Gasteiger charge is -2.10. The summed E-state index contributed by atoms with van der Waals surface area (Å²) in [5, 5.41) is 2.83. The number of benzene rings is 2. The number of carbonyl (C=O) groups excluding carboxylic acids is 1. The van der Waals surface area contributed by atoms with Gasteiger partial charge < -0.3 is 14.5 Å². The molecule has 0 radical (unpaired) electrons. The number of hydrogen-bond donors (Lipinski definition) is 1. The lowest BCUT2D eigenvalue weighted by atomic mass is 10.2. The second kappa shape index (κ2) is 9.37. The molecule has 5 nitrogen and oxygen atoms in total. The van der Waals surface area contributed by atoms with E-state index in [1.165, 1.54) is 0 Å². The summed E-state index contributed by atoms with van der Waals surface area (Å²) in [6.45, 7) is 4.74. The molecule has 1 atom stereocenters. The van der Waals surface area contributed by atoms with Gasteiger partial charge in [0.15, 0.2) is 5.76 Å². The first kappa shape index (κ1) is 19.9. The van der Waals surface area contributed by atoms with Crippen LogP contribution in [-0.2, 0) is 23.1 Å². The Kier molecular flexibility index (Phi) is 6.66. The van der Waals surface area contributed by atoms with Crippen LogP contribution in [0.4, 0.5) is 0 Å². The van der Waals surface area contributed by atoms with Crippen LogP contribution in [0, 0.1) is 6.92 Å². The number of nitrogens with one attached hydrogen (secondary N) is 1. The molecule has 3 aromatic rings. The van der Waals surface area contributed by atoms with Gasteiger partial charge in [-0.15, -0.1) is 0 Å². The van der Waals surface area contributed by atoms with Gasteiger partial charge in [0.05, 0.1) is 23.2 Å². The van der Waals surface area contributed by atoms with Gasteiger partial charge in [0.2, 0.25) is 0 Å². The van der Waals surface area contributed by atoms with Gasteiger partial charge in [-0.2, -0.15) is 0 Å². The highest BCUT2D eigenvalue weighted by Crippen LogP contribution is 2.19. The van der Waals surface area contributed by atoms with Gasteiger partial charge in [-0.05, 0) is 43.7 Å². The van der Waals surface area contributed by atoms with Crippen LogP contribution >= 0.6 is 0 Å². The summed E-state index contributed by atoms with van der Waals surface area (Å²) in [4.78, 5) is 13.2. The van der Waals surface area contributed by atoms with E-state index in [9.17, 15) is 9.00 Å². The highest BCUT2D eigenvalue weighted by atomic mass is 32.2. The zero-order valence-corrected chi connectivity index (χ0v) is 16.8. The van der Waals surface area contributed by atoms with Crippen LogP contribution in [-0.4, -0.2) is 16.7 Å². The van der Waals surface area contributed by atoms with Crippen LogP contribution in [0.3, 0.4) is 0 Å². The van der Waals surface area contributed by atoms with Gasteiger partial charge >= 0.3 is 0 Å². The Balaban J connectivity index is 1.61. The largest absolute Gasteiger partial charge is 0.494 e. The molecule has 1 N–H and O–H groups in total. The fraction of sp³-hybridized carbons (Fsp3) is 0.227. The molecule has 28 heavy (non-hydrogen) atoms. The van der Waals surface area contributed by atoms with Crippen molar-refractivity contribution in [1.29, 1.82) is 0 Å². The fourth-order valence-electron chi connectivity index (χ4n) is 2.81. The third-order valence-corrected chi connectivity index (χ3v) is 5.70. The SMILES string of the molecule is CCOc1ccccc1CNC(=O)c1ccc(C[S@](=O)c2ccccc2C)o1. The molecule has 0 fully saturated rings. The van der Waals surface area contributed by atoms with E-state index in [1.54, 1.807) is 12.1 Å². The van der Waals surface area contributed by atoms with E-state index in [4.69, 9.17) is 9.15 Å². The molecular weight excluding hydrogens is 374 g/mol. The van der Waals surface area contributed by atoms with Crippen LogP contribution in [0.1, 0.15) is 34.4 Å². The molecule has 0 aliphatic heterocycles. The lowest BCUT2D eigenvalue weighted by Crippen LogP contribution is -2.22. The van der Waals surface area contributed by atoms with E-state index in [0.717, 1.165) is 21.8 Å². The fourth-order valence-corrected chi connectivity index (χ4v) is 4.03. The first-order chi connectivity index (χ1) is 13.6. The predicted octanol–water partition coefficient (Wildman–Crippen LogP) is 4.22. The Morgan fingerprint density at radius 3 is 2.61 bits per heavy atom. The number of para-hydroxylation sites is 1. The lowest BCUT2D eigenvalue weighted by molar-refractivity contribution is 0.0921. The number of ether oxygens (including phenoxy) is 1. The van der Waals surface area contributed by atoms with Crippen molar-refractivity contribution in [2.24, 2.45) is 0 Å². The quantitative estimate of drug-likeness (QED) is 0.618. The normalized spacial score (nSPS) is 11.8. The predicted molar refractivity (Wildman–Crippen MR) is 109 cm³/mol. The molecule has 2 aromatic carbocycles. The third kappa shape index (κ3) is 4.89. The number of furan rings is 1. The number of carbonyl (C=O) groups is 1. The van der Waals surface area contributed by atoms with Crippen LogP contribution in [0.25, 0.3) is 0 Å². The molecule has 0 bridgehead atoms. The molecule has 0 aliphatic carbocycles. The molecule has 0 saturated heterocycles.